The van der Waals surface area contributed by atoms with Gasteiger partial charge in [0.2, 0.25) is 0 Å². The molecule has 0 saturated carbocycles. The predicted molar refractivity (Wildman–Crippen MR) is 50.3 cm³/mol. The van der Waals surface area contributed by atoms with Gasteiger partial charge in [-0.25, -0.2) is 9.50 Å². The van der Waals surface area contributed by atoms with Crippen molar-refractivity contribution >= 4 is 5.65 Å². The highest BCUT2D eigenvalue weighted by atomic mass is 15.2. The van der Waals surface area contributed by atoms with Gasteiger partial charge in [0.1, 0.15) is 0 Å². The molecular formula is C9H12N4. The van der Waals surface area contributed by atoms with Gasteiger partial charge < -0.3 is 5.73 Å². The number of hydrogen-bond donors (Lipinski definition) is 1. The molecule has 0 spiro atoms. The van der Waals surface area contributed by atoms with Crippen LogP contribution in [0.1, 0.15) is 12.6 Å². The summed E-state index contributed by atoms with van der Waals surface area (Å²) in [6, 6.07) is 3.98. The summed E-state index contributed by atoms with van der Waals surface area (Å²) in [5.41, 5.74) is 7.57. The van der Waals surface area contributed by atoms with E-state index >= 15 is 0 Å². The second kappa shape index (κ2) is 3.14. The minimum Gasteiger partial charge on any atom is -0.328 e. The van der Waals surface area contributed by atoms with Crippen LogP contribution in [0.3, 0.4) is 0 Å². The van der Waals surface area contributed by atoms with Gasteiger partial charge in [0.15, 0.2) is 5.65 Å². The Morgan fingerprint density at radius 2 is 2.38 bits per heavy atom. The summed E-state index contributed by atoms with van der Waals surface area (Å²) >= 11 is 0. The summed E-state index contributed by atoms with van der Waals surface area (Å²) in [5.74, 6) is 0. The summed E-state index contributed by atoms with van der Waals surface area (Å²) in [6.07, 6.45) is 4.44. The average molecular weight is 176 g/mol. The van der Waals surface area contributed by atoms with E-state index in [2.05, 4.69) is 10.1 Å². The second-order valence-electron chi connectivity index (χ2n) is 3.23. The van der Waals surface area contributed by atoms with Gasteiger partial charge in [-0.1, -0.05) is 0 Å². The van der Waals surface area contributed by atoms with E-state index in [1.807, 2.05) is 25.3 Å². The van der Waals surface area contributed by atoms with E-state index in [1.165, 1.54) is 0 Å². The van der Waals surface area contributed by atoms with Crippen molar-refractivity contribution in [2.75, 3.05) is 0 Å². The topological polar surface area (TPSA) is 56.2 Å². The smallest absolute Gasteiger partial charge is 0.155 e. The van der Waals surface area contributed by atoms with E-state index in [1.54, 1.807) is 10.7 Å². The standard InChI is InChI=1S/C9H12N4/c1-7(10)6-8-3-5-13-9(12-8)2-4-11-13/h2-5,7H,6,10H2,1H3. The number of fused-ring (bicyclic) bond motifs is 1. The largest absolute Gasteiger partial charge is 0.328 e. The lowest BCUT2D eigenvalue weighted by molar-refractivity contribution is 0.720. The van der Waals surface area contributed by atoms with Gasteiger partial charge in [0, 0.05) is 30.4 Å². The van der Waals surface area contributed by atoms with Crippen LogP contribution in [0.4, 0.5) is 0 Å². The maximum atomic E-state index is 5.68. The molecule has 1 unspecified atom stereocenters. The van der Waals surface area contributed by atoms with Gasteiger partial charge in [-0.05, 0) is 13.0 Å². The maximum absolute atomic E-state index is 5.68. The number of aromatic nitrogens is 3. The van der Waals surface area contributed by atoms with E-state index in [4.69, 9.17) is 5.73 Å². The molecule has 0 aliphatic carbocycles. The van der Waals surface area contributed by atoms with Gasteiger partial charge in [-0.3, -0.25) is 0 Å². The fourth-order valence-electron chi connectivity index (χ4n) is 1.30. The zero-order chi connectivity index (χ0) is 9.26. The van der Waals surface area contributed by atoms with Crippen LogP contribution in [0.15, 0.2) is 24.5 Å². The van der Waals surface area contributed by atoms with E-state index in [9.17, 15) is 0 Å². The molecule has 0 radical (unpaired) electrons. The Kier molecular flexibility index (Phi) is 1.98. The van der Waals surface area contributed by atoms with E-state index in [0.29, 0.717) is 0 Å². The Hall–Kier alpha value is -1.42. The third-order valence-electron chi connectivity index (χ3n) is 1.85. The molecule has 2 heterocycles. The van der Waals surface area contributed by atoms with Gasteiger partial charge in [-0.2, -0.15) is 5.10 Å². The molecule has 4 heteroatoms. The predicted octanol–water partition coefficient (Wildman–Crippen LogP) is 0.619. The lowest BCUT2D eigenvalue weighted by Crippen LogP contribution is -2.18. The van der Waals surface area contributed by atoms with Crippen molar-refractivity contribution in [2.45, 2.75) is 19.4 Å². The molecule has 0 bridgehead atoms. The quantitative estimate of drug-likeness (QED) is 0.729. The van der Waals surface area contributed by atoms with Crippen LogP contribution in [0.25, 0.3) is 5.65 Å². The zero-order valence-electron chi connectivity index (χ0n) is 7.51. The highest BCUT2D eigenvalue weighted by Gasteiger charge is 2.00. The van der Waals surface area contributed by atoms with E-state index < -0.39 is 0 Å². The molecule has 0 amide bonds. The lowest BCUT2D eigenvalue weighted by Gasteiger charge is -2.03. The van der Waals surface area contributed by atoms with Crippen LogP contribution in [0.2, 0.25) is 0 Å². The first-order valence-electron chi connectivity index (χ1n) is 4.30. The molecule has 4 nitrogen and oxygen atoms in total. The fraction of sp³-hybridized carbons (Fsp3) is 0.333. The summed E-state index contributed by atoms with van der Waals surface area (Å²) < 4.78 is 1.74. The number of rotatable bonds is 2. The van der Waals surface area contributed by atoms with Crippen molar-refractivity contribution in [3.05, 3.63) is 30.2 Å². The first-order chi connectivity index (χ1) is 6.25. The zero-order valence-corrected chi connectivity index (χ0v) is 7.51. The van der Waals surface area contributed by atoms with E-state index in [-0.39, 0.29) is 6.04 Å². The van der Waals surface area contributed by atoms with Crippen LogP contribution >= 0.6 is 0 Å². The Morgan fingerprint density at radius 3 is 3.15 bits per heavy atom. The summed E-state index contributed by atoms with van der Waals surface area (Å²) in [5, 5.41) is 4.06. The van der Waals surface area contributed by atoms with Crippen molar-refractivity contribution in [2.24, 2.45) is 5.73 Å². The first-order valence-corrected chi connectivity index (χ1v) is 4.30. The lowest BCUT2D eigenvalue weighted by atomic mass is 10.2. The second-order valence-corrected chi connectivity index (χ2v) is 3.23. The molecule has 0 aromatic carbocycles. The molecule has 2 aromatic heterocycles. The van der Waals surface area contributed by atoms with Crippen molar-refractivity contribution < 1.29 is 0 Å². The monoisotopic (exact) mass is 176 g/mol. The molecule has 13 heavy (non-hydrogen) atoms. The Morgan fingerprint density at radius 1 is 1.54 bits per heavy atom. The third kappa shape index (κ3) is 1.67. The molecule has 2 N–H and O–H groups in total. The van der Waals surface area contributed by atoms with Crippen molar-refractivity contribution in [1.82, 2.24) is 14.6 Å². The van der Waals surface area contributed by atoms with Crippen LogP contribution in [0, 0.1) is 0 Å². The SMILES string of the molecule is CC(N)Cc1ccn2nccc2n1. The molecule has 2 aromatic rings. The van der Waals surface area contributed by atoms with Crippen LogP contribution in [0.5, 0.6) is 0 Å². The Labute approximate surface area is 76.4 Å². The Balaban J connectivity index is 2.37. The number of nitrogens with zero attached hydrogens (tertiary/aromatic N) is 3. The normalized spacial score (nSPS) is 13.4. The minimum atomic E-state index is 0.151. The maximum Gasteiger partial charge on any atom is 0.155 e. The molecular weight excluding hydrogens is 164 g/mol. The summed E-state index contributed by atoms with van der Waals surface area (Å²) in [7, 11) is 0. The molecule has 68 valence electrons. The van der Waals surface area contributed by atoms with Gasteiger partial charge in [0.05, 0.1) is 6.20 Å². The molecule has 0 saturated heterocycles. The minimum absolute atomic E-state index is 0.151. The summed E-state index contributed by atoms with van der Waals surface area (Å²) in [4.78, 5) is 4.40. The number of hydrogen-bond acceptors (Lipinski definition) is 3. The van der Waals surface area contributed by atoms with Crippen LogP contribution in [-0.4, -0.2) is 20.6 Å². The van der Waals surface area contributed by atoms with Crippen molar-refractivity contribution in [3.8, 4) is 0 Å². The Bertz CT molecular complexity index is 405. The highest BCUT2D eigenvalue weighted by molar-refractivity contribution is 5.36. The van der Waals surface area contributed by atoms with E-state index in [0.717, 1.165) is 17.8 Å². The van der Waals surface area contributed by atoms with Gasteiger partial charge >= 0.3 is 0 Å². The summed E-state index contributed by atoms with van der Waals surface area (Å²) in [6.45, 7) is 1.97. The van der Waals surface area contributed by atoms with Crippen LogP contribution in [-0.2, 0) is 6.42 Å². The first kappa shape index (κ1) is 8.19. The highest BCUT2D eigenvalue weighted by Crippen LogP contribution is 2.02. The molecule has 0 aliphatic rings. The molecule has 0 fully saturated rings. The molecule has 2 rings (SSSR count). The van der Waals surface area contributed by atoms with Crippen LogP contribution < -0.4 is 5.73 Å². The fourth-order valence-corrected chi connectivity index (χ4v) is 1.30. The van der Waals surface area contributed by atoms with Gasteiger partial charge in [-0.15, -0.1) is 0 Å². The molecule has 0 aliphatic heterocycles. The average Bonchev–Trinajstić information content (AvgIpc) is 2.49. The number of nitrogens with two attached hydrogens (primary N) is 1. The molecule has 1 atom stereocenters. The van der Waals surface area contributed by atoms with Crippen molar-refractivity contribution in [1.29, 1.82) is 0 Å². The third-order valence-corrected chi connectivity index (χ3v) is 1.85. The van der Waals surface area contributed by atoms with Crippen molar-refractivity contribution in [3.63, 3.8) is 0 Å². The van der Waals surface area contributed by atoms with Gasteiger partial charge in [0.25, 0.3) is 0 Å².